The molecule has 1 heterocycles. The summed E-state index contributed by atoms with van der Waals surface area (Å²) in [7, 11) is -3.42. The Morgan fingerprint density at radius 3 is 2.32 bits per heavy atom. The highest BCUT2D eigenvalue weighted by molar-refractivity contribution is 7.91. The van der Waals surface area contributed by atoms with E-state index < -0.39 is 10.0 Å². The van der Waals surface area contributed by atoms with Gasteiger partial charge < -0.3 is 5.73 Å². The number of halogens is 1. The molecule has 1 aromatic heterocycles. The van der Waals surface area contributed by atoms with Crippen LogP contribution in [0.25, 0.3) is 0 Å². The molecule has 3 N–H and O–H groups in total. The zero-order chi connectivity index (χ0) is 13.3. The third kappa shape index (κ3) is 4.13. The second-order valence-electron chi connectivity index (χ2n) is 4.84. The minimum atomic E-state index is -3.42. The Bertz CT molecular complexity index is 522. The lowest BCUT2D eigenvalue weighted by Crippen LogP contribution is -2.40. The van der Waals surface area contributed by atoms with E-state index in [-0.39, 0.29) is 24.5 Å². The summed E-state index contributed by atoms with van der Waals surface area (Å²) in [6.07, 6.45) is 3.40. The van der Waals surface area contributed by atoms with Crippen LogP contribution in [0, 0.1) is 13.8 Å². The molecule has 0 amide bonds. The minimum absolute atomic E-state index is 0. The summed E-state index contributed by atoms with van der Waals surface area (Å²) in [5.41, 5.74) is 6.40. The maximum absolute atomic E-state index is 12.2. The smallest absolute Gasteiger partial charge is 0.252 e. The van der Waals surface area contributed by atoms with Gasteiger partial charge in [0, 0.05) is 12.1 Å². The predicted octanol–water partition coefficient (Wildman–Crippen LogP) is 1.73. The highest BCUT2D eigenvalue weighted by Gasteiger charge is 2.27. The summed E-state index contributed by atoms with van der Waals surface area (Å²) in [5.74, 6) is 0. The number of aryl methyl sites for hydroxylation is 2. The van der Waals surface area contributed by atoms with Gasteiger partial charge in [-0.05, 0) is 39.5 Å². The average Bonchev–Trinajstić information content (AvgIpc) is 2.62. The summed E-state index contributed by atoms with van der Waals surface area (Å²) < 4.78 is 27.6. The highest BCUT2D eigenvalue weighted by Crippen LogP contribution is 2.25. The summed E-state index contributed by atoms with van der Waals surface area (Å²) in [6.45, 7) is 3.55. The molecule has 110 valence electrons. The third-order valence-electron chi connectivity index (χ3n) is 3.20. The van der Waals surface area contributed by atoms with Crippen molar-refractivity contribution in [3.63, 3.8) is 0 Å². The number of nitrogens with two attached hydrogens (primary N) is 1. The maximum atomic E-state index is 12.2. The van der Waals surface area contributed by atoms with Crippen molar-refractivity contribution in [2.45, 2.75) is 55.8 Å². The first-order valence-electron chi connectivity index (χ1n) is 6.10. The largest absolute Gasteiger partial charge is 0.328 e. The zero-order valence-electron chi connectivity index (χ0n) is 11.0. The fraction of sp³-hybridized carbons (Fsp3) is 0.727. The molecule has 0 atom stereocenters. The van der Waals surface area contributed by atoms with Gasteiger partial charge in [0.25, 0.3) is 10.0 Å². The molecule has 8 heteroatoms. The van der Waals surface area contributed by atoms with Crippen molar-refractivity contribution in [3.05, 3.63) is 10.7 Å². The Hall–Kier alpha value is -0.210. The lowest BCUT2D eigenvalue weighted by Gasteiger charge is -2.26. The Balaban J connectivity index is 0.00000180. The molecule has 1 aromatic rings. The topological polar surface area (TPSA) is 85.1 Å². The van der Waals surface area contributed by atoms with Gasteiger partial charge in [-0.15, -0.1) is 23.7 Å². The molecule has 1 aliphatic rings. The molecule has 0 bridgehead atoms. The Kier molecular flexibility index (Phi) is 5.76. The van der Waals surface area contributed by atoms with Crippen LogP contribution in [0.5, 0.6) is 0 Å². The molecule has 0 spiro atoms. The molecule has 1 aliphatic carbocycles. The van der Waals surface area contributed by atoms with Crippen LogP contribution in [0.3, 0.4) is 0 Å². The summed E-state index contributed by atoms with van der Waals surface area (Å²) in [6, 6.07) is 0.231. The van der Waals surface area contributed by atoms with E-state index in [1.165, 1.54) is 11.3 Å². The standard InChI is InChI=1S/C11H19N3O2S2.ClH/c1-7-11(17-8(2)13-7)18(15,16)14-10-5-3-9(12)4-6-10;/h9-10,14H,3-6,12H2,1-2H3;1H. The van der Waals surface area contributed by atoms with E-state index in [1.54, 1.807) is 6.92 Å². The van der Waals surface area contributed by atoms with Crippen molar-refractivity contribution < 1.29 is 8.42 Å². The second kappa shape index (κ2) is 6.49. The van der Waals surface area contributed by atoms with Crippen LogP contribution in [0.15, 0.2) is 4.21 Å². The second-order valence-corrected chi connectivity index (χ2v) is 7.95. The molecule has 2 rings (SSSR count). The SMILES string of the molecule is Cc1nc(C)c(S(=O)(=O)NC2CCC(N)CC2)s1.Cl. The van der Waals surface area contributed by atoms with E-state index in [0.717, 1.165) is 30.7 Å². The molecule has 1 saturated carbocycles. The van der Waals surface area contributed by atoms with Crippen LogP contribution in [0.2, 0.25) is 0 Å². The van der Waals surface area contributed by atoms with Crippen LogP contribution >= 0.6 is 23.7 Å². The lowest BCUT2D eigenvalue weighted by molar-refractivity contribution is 0.373. The van der Waals surface area contributed by atoms with E-state index in [4.69, 9.17) is 5.73 Å². The molecule has 19 heavy (non-hydrogen) atoms. The molecular formula is C11H20ClN3O2S2. The average molecular weight is 326 g/mol. The fourth-order valence-corrected chi connectivity index (χ4v) is 5.08. The van der Waals surface area contributed by atoms with Crippen LogP contribution < -0.4 is 10.5 Å². The third-order valence-corrected chi connectivity index (χ3v) is 6.40. The van der Waals surface area contributed by atoms with E-state index in [9.17, 15) is 8.42 Å². The molecule has 0 saturated heterocycles. The number of nitrogens with one attached hydrogen (secondary N) is 1. The monoisotopic (exact) mass is 325 g/mol. The summed E-state index contributed by atoms with van der Waals surface area (Å²) >= 11 is 1.22. The first-order chi connectivity index (χ1) is 8.38. The molecule has 0 aliphatic heterocycles. The quantitative estimate of drug-likeness (QED) is 0.886. The molecular weight excluding hydrogens is 306 g/mol. The van der Waals surface area contributed by atoms with Crippen LogP contribution in [0.4, 0.5) is 0 Å². The van der Waals surface area contributed by atoms with Crippen molar-refractivity contribution in [2.24, 2.45) is 5.73 Å². The van der Waals surface area contributed by atoms with Gasteiger partial charge in [-0.3, -0.25) is 0 Å². The Labute approximate surface area is 124 Å². The van der Waals surface area contributed by atoms with Gasteiger partial charge in [0.15, 0.2) is 4.21 Å². The normalized spacial score (nSPS) is 23.9. The van der Waals surface area contributed by atoms with Gasteiger partial charge in [0.2, 0.25) is 0 Å². The van der Waals surface area contributed by atoms with Gasteiger partial charge in [0.05, 0.1) is 10.7 Å². The van der Waals surface area contributed by atoms with Crippen molar-refractivity contribution >= 4 is 33.8 Å². The number of sulfonamides is 1. The van der Waals surface area contributed by atoms with Crippen molar-refractivity contribution in [3.8, 4) is 0 Å². The van der Waals surface area contributed by atoms with E-state index >= 15 is 0 Å². The van der Waals surface area contributed by atoms with Crippen molar-refractivity contribution in [2.75, 3.05) is 0 Å². The molecule has 5 nitrogen and oxygen atoms in total. The number of thiazole rings is 1. The number of aromatic nitrogens is 1. The van der Waals surface area contributed by atoms with Crippen LogP contribution in [-0.2, 0) is 10.0 Å². The van der Waals surface area contributed by atoms with Crippen LogP contribution in [-0.4, -0.2) is 25.5 Å². The first kappa shape index (κ1) is 16.8. The summed E-state index contributed by atoms with van der Waals surface area (Å²) in [5, 5.41) is 0.776. The van der Waals surface area contributed by atoms with Crippen molar-refractivity contribution in [1.82, 2.24) is 9.71 Å². The molecule has 0 aromatic carbocycles. The Morgan fingerprint density at radius 1 is 1.26 bits per heavy atom. The molecule has 0 unspecified atom stereocenters. The zero-order valence-corrected chi connectivity index (χ0v) is 13.5. The van der Waals surface area contributed by atoms with Gasteiger partial charge in [-0.25, -0.2) is 18.1 Å². The van der Waals surface area contributed by atoms with Crippen molar-refractivity contribution in [1.29, 1.82) is 0 Å². The van der Waals surface area contributed by atoms with Gasteiger partial charge in [-0.1, -0.05) is 0 Å². The van der Waals surface area contributed by atoms with E-state index in [0.29, 0.717) is 9.90 Å². The number of nitrogens with zero attached hydrogens (tertiary/aromatic N) is 1. The minimum Gasteiger partial charge on any atom is -0.328 e. The number of rotatable bonds is 3. The molecule has 1 fully saturated rings. The van der Waals surface area contributed by atoms with E-state index in [1.807, 2.05) is 6.92 Å². The predicted molar refractivity (Wildman–Crippen MR) is 79.4 cm³/mol. The molecule has 0 radical (unpaired) electrons. The fourth-order valence-electron chi connectivity index (χ4n) is 2.27. The van der Waals surface area contributed by atoms with Gasteiger partial charge >= 0.3 is 0 Å². The van der Waals surface area contributed by atoms with E-state index in [2.05, 4.69) is 9.71 Å². The van der Waals surface area contributed by atoms with Crippen LogP contribution in [0.1, 0.15) is 36.4 Å². The number of hydrogen-bond donors (Lipinski definition) is 2. The maximum Gasteiger partial charge on any atom is 0.252 e. The highest BCUT2D eigenvalue weighted by atomic mass is 35.5. The number of hydrogen-bond acceptors (Lipinski definition) is 5. The lowest BCUT2D eigenvalue weighted by atomic mass is 9.93. The summed E-state index contributed by atoms with van der Waals surface area (Å²) in [4.78, 5) is 4.16. The van der Waals surface area contributed by atoms with Gasteiger partial charge in [0.1, 0.15) is 0 Å². The van der Waals surface area contributed by atoms with Gasteiger partial charge in [-0.2, -0.15) is 0 Å². The Morgan fingerprint density at radius 2 is 1.84 bits per heavy atom. The first-order valence-corrected chi connectivity index (χ1v) is 8.40.